The van der Waals surface area contributed by atoms with Crippen molar-refractivity contribution in [1.82, 2.24) is 14.1 Å². The van der Waals surface area contributed by atoms with Gasteiger partial charge in [-0.25, -0.2) is 13.2 Å². The molecule has 3 fully saturated rings. The molecule has 3 aliphatic rings. The molecule has 0 unspecified atom stereocenters. The van der Waals surface area contributed by atoms with E-state index in [-0.39, 0.29) is 29.7 Å². The summed E-state index contributed by atoms with van der Waals surface area (Å²) in [7, 11) is -3.70. The van der Waals surface area contributed by atoms with E-state index in [0.29, 0.717) is 30.6 Å². The smallest absolute Gasteiger partial charge is 0.409 e. The van der Waals surface area contributed by atoms with Crippen LogP contribution in [0.25, 0.3) is 0 Å². The zero-order valence-electron chi connectivity index (χ0n) is 18.8. The zero-order valence-corrected chi connectivity index (χ0v) is 20.4. The van der Waals surface area contributed by atoms with Gasteiger partial charge in [-0.15, -0.1) is 0 Å². The van der Waals surface area contributed by atoms with Crippen molar-refractivity contribution in [1.29, 1.82) is 0 Å². The standard InChI is InChI=1S/C23H34ClN3O4S/c1-18-5-4-6-21(27(18)32(29,30)22-9-7-19(24)8-10-22)17-31-23(28)26-15-11-20(12-16-26)25-13-2-3-14-25/h7-10,18,20-21H,2-6,11-17H2,1H3/t18-,21-/m1/s1. The van der Waals surface area contributed by atoms with Crippen LogP contribution >= 0.6 is 11.6 Å². The van der Waals surface area contributed by atoms with Gasteiger partial charge in [0.15, 0.2) is 0 Å². The molecule has 0 N–H and O–H groups in total. The number of amides is 1. The van der Waals surface area contributed by atoms with Crippen molar-refractivity contribution in [3.63, 3.8) is 0 Å². The number of piperidine rings is 2. The van der Waals surface area contributed by atoms with E-state index in [0.717, 1.165) is 25.7 Å². The number of hydrogen-bond acceptors (Lipinski definition) is 5. The van der Waals surface area contributed by atoms with E-state index in [1.165, 1.54) is 42.4 Å². The fourth-order valence-corrected chi connectivity index (χ4v) is 7.35. The number of ether oxygens (including phenoxy) is 1. The second-order valence-electron chi connectivity index (χ2n) is 9.26. The molecule has 1 aromatic rings. The topological polar surface area (TPSA) is 70.2 Å². The number of halogens is 1. The number of likely N-dealkylation sites (tertiary alicyclic amines) is 2. The summed E-state index contributed by atoms with van der Waals surface area (Å²) in [6, 6.07) is 6.31. The Hall–Kier alpha value is -1.35. The maximum absolute atomic E-state index is 13.4. The Morgan fingerprint density at radius 2 is 1.66 bits per heavy atom. The summed E-state index contributed by atoms with van der Waals surface area (Å²) in [5, 5.41) is 0.495. The van der Waals surface area contributed by atoms with Crippen molar-refractivity contribution >= 4 is 27.7 Å². The average molecular weight is 484 g/mol. The van der Waals surface area contributed by atoms with Gasteiger partial charge in [0.05, 0.1) is 10.9 Å². The number of hydrogen-bond donors (Lipinski definition) is 0. The zero-order chi connectivity index (χ0) is 22.7. The van der Waals surface area contributed by atoms with Crippen molar-refractivity contribution in [2.45, 2.75) is 74.9 Å². The highest BCUT2D eigenvalue weighted by Gasteiger charge is 2.39. The van der Waals surface area contributed by atoms with E-state index >= 15 is 0 Å². The monoisotopic (exact) mass is 483 g/mol. The van der Waals surface area contributed by atoms with Gasteiger partial charge < -0.3 is 14.5 Å². The molecule has 178 valence electrons. The van der Waals surface area contributed by atoms with E-state index in [4.69, 9.17) is 16.3 Å². The van der Waals surface area contributed by atoms with Crippen molar-refractivity contribution < 1.29 is 17.9 Å². The lowest BCUT2D eigenvalue weighted by Crippen LogP contribution is -2.51. The summed E-state index contributed by atoms with van der Waals surface area (Å²) >= 11 is 5.94. The van der Waals surface area contributed by atoms with Gasteiger partial charge in [0.1, 0.15) is 6.61 Å². The molecule has 1 amide bonds. The van der Waals surface area contributed by atoms with Gasteiger partial charge in [-0.3, -0.25) is 0 Å². The maximum atomic E-state index is 13.4. The summed E-state index contributed by atoms with van der Waals surface area (Å²) in [6.07, 6.45) is 6.57. The largest absolute Gasteiger partial charge is 0.448 e. The average Bonchev–Trinajstić information content (AvgIpc) is 3.33. The van der Waals surface area contributed by atoms with Crippen molar-refractivity contribution in [3.8, 4) is 0 Å². The molecular formula is C23H34ClN3O4S. The highest BCUT2D eigenvalue weighted by molar-refractivity contribution is 7.89. The fraction of sp³-hybridized carbons (Fsp3) is 0.696. The first-order valence-electron chi connectivity index (χ1n) is 11.8. The SMILES string of the molecule is C[C@@H]1CCC[C@H](COC(=O)N2CCC(N3CCCC3)CC2)N1S(=O)(=O)c1ccc(Cl)cc1. The first kappa shape index (κ1) is 23.8. The predicted molar refractivity (Wildman–Crippen MR) is 124 cm³/mol. The van der Waals surface area contributed by atoms with Crippen LogP contribution in [-0.4, -0.2) is 79.5 Å². The minimum Gasteiger partial charge on any atom is -0.448 e. The van der Waals surface area contributed by atoms with E-state index in [9.17, 15) is 13.2 Å². The lowest BCUT2D eigenvalue weighted by molar-refractivity contribution is 0.0516. The summed E-state index contributed by atoms with van der Waals surface area (Å²) in [4.78, 5) is 17.3. The second kappa shape index (κ2) is 10.3. The minimum absolute atomic E-state index is 0.0854. The molecule has 3 aliphatic heterocycles. The number of carbonyl (C=O) groups excluding carboxylic acids is 1. The number of carbonyl (C=O) groups is 1. The number of nitrogens with zero attached hydrogens (tertiary/aromatic N) is 3. The van der Waals surface area contributed by atoms with Gasteiger partial charge in [0.2, 0.25) is 10.0 Å². The van der Waals surface area contributed by atoms with Crippen LogP contribution in [0.3, 0.4) is 0 Å². The summed E-state index contributed by atoms with van der Waals surface area (Å²) in [6.45, 7) is 5.76. The Labute approximate surface area is 196 Å². The van der Waals surface area contributed by atoms with Crippen LogP contribution in [0.5, 0.6) is 0 Å². The Balaban J connectivity index is 1.36. The number of rotatable bonds is 5. The van der Waals surface area contributed by atoms with Crippen molar-refractivity contribution in [3.05, 3.63) is 29.3 Å². The molecular weight excluding hydrogens is 450 g/mol. The van der Waals surface area contributed by atoms with E-state index < -0.39 is 10.0 Å². The third-order valence-corrected chi connectivity index (χ3v) is 9.45. The molecule has 0 aromatic heterocycles. The molecule has 2 atom stereocenters. The molecule has 0 radical (unpaired) electrons. The van der Waals surface area contributed by atoms with Crippen LogP contribution in [0.4, 0.5) is 4.79 Å². The molecule has 0 spiro atoms. The molecule has 3 saturated heterocycles. The molecule has 0 aliphatic carbocycles. The Morgan fingerprint density at radius 3 is 2.31 bits per heavy atom. The molecule has 0 bridgehead atoms. The number of sulfonamides is 1. The van der Waals surface area contributed by atoms with Crippen LogP contribution in [0, 0.1) is 0 Å². The highest BCUT2D eigenvalue weighted by atomic mass is 35.5. The van der Waals surface area contributed by atoms with Gasteiger partial charge in [-0.2, -0.15) is 4.31 Å². The molecule has 0 saturated carbocycles. The Kier molecular flexibility index (Phi) is 7.65. The highest BCUT2D eigenvalue weighted by Crippen LogP contribution is 2.31. The minimum atomic E-state index is -3.70. The van der Waals surface area contributed by atoms with E-state index in [2.05, 4.69) is 4.90 Å². The van der Waals surface area contributed by atoms with Gasteiger partial charge in [0, 0.05) is 30.2 Å². The first-order chi connectivity index (χ1) is 15.4. The van der Waals surface area contributed by atoms with Crippen LogP contribution in [-0.2, 0) is 14.8 Å². The van der Waals surface area contributed by atoms with Gasteiger partial charge in [-0.05, 0) is 82.8 Å². The molecule has 1 aromatic carbocycles. The normalized spacial score (nSPS) is 26.4. The first-order valence-corrected chi connectivity index (χ1v) is 13.6. The predicted octanol–water partition coefficient (Wildman–Crippen LogP) is 3.97. The molecule has 7 nitrogen and oxygen atoms in total. The van der Waals surface area contributed by atoms with Crippen molar-refractivity contribution in [2.75, 3.05) is 32.8 Å². The lowest BCUT2D eigenvalue weighted by Gasteiger charge is -2.40. The van der Waals surface area contributed by atoms with Gasteiger partial charge in [0.25, 0.3) is 0 Å². The fourth-order valence-electron chi connectivity index (χ4n) is 5.36. The quantitative estimate of drug-likeness (QED) is 0.633. The number of benzene rings is 1. The summed E-state index contributed by atoms with van der Waals surface area (Å²) in [5.41, 5.74) is 0. The van der Waals surface area contributed by atoms with Gasteiger partial charge >= 0.3 is 6.09 Å². The molecule has 3 heterocycles. The van der Waals surface area contributed by atoms with Crippen LogP contribution < -0.4 is 0 Å². The van der Waals surface area contributed by atoms with Crippen LogP contribution in [0.15, 0.2) is 29.2 Å². The van der Waals surface area contributed by atoms with Crippen LogP contribution in [0.1, 0.15) is 51.9 Å². The Bertz CT molecular complexity index is 881. The third-order valence-electron chi connectivity index (χ3n) is 7.12. The summed E-state index contributed by atoms with van der Waals surface area (Å²) in [5.74, 6) is 0. The Morgan fingerprint density at radius 1 is 1.00 bits per heavy atom. The van der Waals surface area contributed by atoms with E-state index in [1.807, 2.05) is 6.92 Å². The third kappa shape index (κ3) is 5.24. The maximum Gasteiger partial charge on any atom is 0.409 e. The lowest BCUT2D eigenvalue weighted by atomic mass is 10.0. The van der Waals surface area contributed by atoms with E-state index in [1.54, 1.807) is 17.0 Å². The second-order valence-corrected chi connectivity index (χ2v) is 11.5. The van der Waals surface area contributed by atoms with Gasteiger partial charge in [-0.1, -0.05) is 18.0 Å². The summed E-state index contributed by atoms with van der Waals surface area (Å²) < 4.78 is 33.9. The van der Waals surface area contributed by atoms with Crippen LogP contribution in [0.2, 0.25) is 5.02 Å². The molecule has 9 heteroatoms. The van der Waals surface area contributed by atoms with Crippen molar-refractivity contribution in [2.24, 2.45) is 0 Å². The molecule has 4 rings (SSSR count). The molecule has 32 heavy (non-hydrogen) atoms.